The van der Waals surface area contributed by atoms with Crippen LogP contribution in [0.4, 0.5) is 15.2 Å². The van der Waals surface area contributed by atoms with E-state index >= 15 is 0 Å². The molecule has 2 aromatic rings. The van der Waals surface area contributed by atoms with Crippen LogP contribution in [0.3, 0.4) is 0 Å². The van der Waals surface area contributed by atoms with Crippen LogP contribution in [-0.2, 0) is 6.54 Å². The van der Waals surface area contributed by atoms with E-state index in [-0.39, 0.29) is 23.9 Å². The number of aromatic nitrogens is 1. The summed E-state index contributed by atoms with van der Waals surface area (Å²) in [6.07, 6.45) is 1.75. The van der Waals surface area contributed by atoms with E-state index in [9.17, 15) is 9.18 Å². The molecule has 1 aromatic carbocycles. The van der Waals surface area contributed by atoms with Gasteiger partial charge in [-0.3, -0.25) is 10.2 Å². The summed E-state index contributed by atoms with van der Waals surface area (Å²) < 4.78 is 18.3. The van der Waals surface area contributed by atoms with E-state index < -0.39 is 0 Å². The monoisotopic (exact) mass is 346 g/mol. The van der Waals surface area contributed by atoms with E-state index in [1.165, 1.54) is 12.1 Å². The van der Waals surface area contributed by atoms with E-state index in [4.69, 9.17) is 4.42 Å². The number of carbonyl (C=O) groups excluding carboxylic acids is 1. The fourth-order valence-corrected chi connectivity index (χ4v) is 2.93. The molecule has 0 saturated carbocycles. The van der Waals surface area contributed by atoms with Crippen molar-refractivity contribution in [1.29, 1.82) is 0 Å². The van der Waals surface area contributed by atoms with Gasteiger partial charge in [0.2, 0.25) is 0 Å². The van der Waals surface area contributed by atoms with Gasteiger partial charge >= 0.3 is 12.0 Å². The van der Waals surface area contributed by atoms with Gasteiger partial charge in [-0.2, -0.15) is 4.98 Å². The highest BCUT2D eigenvalue weighted by Crippen LogP contribution is 2.15. The SMILES string of the molecule is Cc1nc(NC(=O)NC2CCN(Cc3ccc(F)cc3)CC2)oc1C. The van der Waals surface area contributed by atoms with Crippen molar-refractivity contribution in [2.75, 3.05) is 18.4 Å². The van der Waals surface area contributed by atoms with Crippen LogP contribution in [-0.4, -0.2) is 35.0 Å². The van der Waals surface area contributed by atoms with Gasteiger partial charge in [-0.25, -0.2) is 9.18 Å². The Morgan fingerprint density at radius 2 is 1.96 bits per heavy atom. The highest BCUT2D eigenvalue weighted by Gasteiger charge is 2.21. The Kier molecular flexibility index (Phi) is 5.33. The predicted octanol–water partition coefficient (Wildman–Crippen LogP) is 3.22. The molecule has 0 unspecified atom stereocenters. The second-order valence-electron chi connectivity index (χ2n) is 6.44. The van der Waals surface area contributed by atoms with E-state index in [0.29, 0.717) is 5.76 Å². The number of nitrogens with zero attached hydrogens (tertiary/aromatic N) is 2. The van der Waals surface area contributed by atoms with Crippen molar-refractivity contribution < 1.29 is 13.6 Å². The number of urea groups is 1. The summed E-state index contributed by atoms with van der Waals surface area (Å²) in [5, 5.41) is 5.59. The van der Waals surface area contributed by atoms with Crippen LogP contribution < -0.4 is 10.6 Å². The number of halogens is 1. The van der Waals surface area contributed by atoms with Crippen molar-refractivity contribution in [2.45, 2.75) is 39.3 Å². The average molecular weight is 346 g/mol. The Bertz CT molecular complexity index is 702. The number of benzene rings is 1. The van der Waals surface area contributed by atoms with Crippen LogP contribution in [0.25, 0.3) is 0 Å². The summed E-state index contributed by atoms with van der Waals surface area (Å²) in [4.78, 5) is 18.5. The van der Waals surface area contributed by atoms with E-state index in [2.05, 4.69) is 20.5 Å². The first-order valence-electron chi connectivity index (χ1n) is 8.48. The second kappa shape index (κ2) is 7.65. The van der Waals surface area contributed by atoms with Crippen LogP contribution in [0.2, 0.25) is 0 Å². The van der Waals surface area contributed by atoms with Crippen molar-refractivity contribution in [3.63, 3.8) is 0 Å². The molecule has 1 aliphatic rings. The molecule has 0 atom stereocenters. The predicted molar refractivity (Wildman–Crippen MR) is 92.8 cm³/mol. The van der Waals surface area contributed by atoms with Gasteiger partial charge in [0.15, 0.2) is 0 Å². The van der Waals surface area contributed by atoms with Gasteiger partial charge in [0.1, 0.15) is 11.6 Å². The molecule has 1 saturated heterocycles. The van der Waals surface area contributed by atoms with E-state index in [0.717, 1.165) is 43.7 Å². The number of hydrogen-bond acceptors (Lipinski definition) is 4. The Morgan fingerprint density at radius 1 is 1.28 bits per heavy atom. The van der Waals surface area contributed by atoms with Crippen molar-refractivity contribution in [3.05, 3.63) is 47.1 Å². The molecule has 134 valence electrons. The van der Waals surface area contributed by atoms with Gasteiger partial charge in [-0.1, -0.05) is 12.1 Å². The quantitative estimate of drug-likeness (QED) is 0.892. The summed E-state index contributed by atoms with van der Waals surface area (Å²) in [6.45, 7) is 6.22. The molecule has 0 spiro atoms. The maximum Gasteiger partial charge on any atom is 0.323 e. The van der Waals surface area contributed by atoms with Crippen LogP contribution in [0.5, 0.6) is 0 Å². The number of piperidine rings is 1. The number of aryl methyl sites for hydroxylation is 2. The maximum atomic E-state index is 12.9. The summed E-state index contributed by atoms with van der Waals surface area (Å²) in [6, 6.07) is 6.65. The molecular formula is C18H23FN4O2. The highest BCUT2D eigenvalue weighted by molar-refractivity contribution is 5.87. The number of nitrogens with one attached hydrogen (secondary N) is 2. The Morgan fingerprint density at radius 3 is 2.56 bits per heavy atom. The van der Waals surface area contributed by atoms with Crippen molar-refractivity contribution in [1.82, 2.24) is 15.2 Å². The Labute approximate surface area is 146 Å². The number of carbonyl (C=O) groups is 1. The van der Waals surface area contributed by atoms with Crippen LogP contribution in [0, 0.1) is 19.7 Å². The minimum Gasteiger partial charge on any atom is -0.428 e. The van der Waals surface area contributed by atoms with Crippen LogP contribution >= 0.6 is 0 Å². The number of likely N-dealkylation sites (tertiary alicyclic amines) is 1. The Hall–Kier alpha value is -2.41. The lowest BCUT2D eigenvalue weighted by Gasteiger charge is -2.32. The molecule has 0 radical (unpaired) electrons. The zero-order chi connectivity index (χ0) is 17.8. The summed E-state index contributed by atoms with van der Waals surface area (Å²) >= 11 is 0. The topological polar surface area (TPSA) is 70.4 Å². The lowest BCUT2D eigenvalue weighted by molar-refractivity contribution is 0.189. The molecule has 1 aliphatic heterocycles. The average Bonchev–Trinajstić information content (AvgIpc) is 2.89. The smallest absolute Gasteiger partial charge is 0.323 e. The fraction of sp³-hybridized carbons (Fsp3) is 0.444. The third-order valence-electron chi connectivity index (χ3n) is 4.49. The maximum absolute atomic E-state index is 12.9. The number of oxazole rings is 1. The molecule has 3 rings (SSSR count). The molecule has 1 aromatic heterocycles. The summed E-state index contributed by atoms with van der Waals surface area (Å²) in [5.41, 5.74) is 1.87. The molecule has 2 heterocycles. The molecule has 2 amide bonds. The number of rotatable bonds is 4. The third kappa shape index (κ3) is 4.79. The molecule has 6 nitrogen and oxygen atoms in total. The lowest BCUT2D eigenvalue weighted by Crippen LogP contribution is -2.45. The van der Waals surface area contributed by atoms with Gasteiger partial charge in [-0.05, 0) is 44.4 Å². The van der Waals surface area contributed by atoms with Gasteiger partial charge in [-0.15, -0.1) is 0 Å². The van der Waals surface area contributed by atoms with Crippen molar-refractivity contribution in [2.24, 2.45) is 0 Å². The molecule has 1 fully saturated rings. The standard InChI is InChI=1S/C18H23FN4O2/c1-12-13(2)25-18(20-12)22-17(24)21-16-7-9-23(10-8-16)11-14-3-5-15(19)6-4-14/h3-6,16H,7-11H2,1-2H3,(H2,20,21,22,24). The molecule has 2 N–H and O–H groups in total. The second-order valence-corrected chi connectivity index (χ2v) is 6.44. The van der Waals surface area contributed by atoms with Crippen molar-refractivity contribution in [3.8, 4) is 0 Å². The largest absolute Gasteiger partial charge is 0.428 e. The highest BCUT2D eigenvalue weighted by atomic mass is 19.1. The fourth-order valence-electron chi connectivity index (χ4n) is 2.93. The first-order chi connectivity index (χ1) is 12.0. The van der Waals surface area contributed by atoms with Crippen LogP contribution in [0.15, 0.2) is 28.7 Å². The van der Waals surface area contributed by atoms with E-state index in [1.807, 2.05) is 26.0 Å². The molecular weight excluding hydrogens is 323 g/mol. The van der Waals surface area contributed by atoms with Crippen LogP contribution in [0.1, 0.15) is 29.9 Å². The minimum absolute atomic E-state index is 0.127. The van der Waals surface area contributed by atoms with E-state index in [1.54, 1.807) is 0 Å². The van der Waals surface area contributed by atoms with Gasteiger partial charge < -0.3 is 9.73 Å². The number of amides is 2. The zero-order valence-corrected chi connectivity index (χ0v) is 14.5. The lowest BCUT2D eigenvalue weighted by atomic mass is 10.0. The van der Waals surface area contributed by atoms with Gasteiger partial charge in [0.05, 0.1) is 5.69 Å². The third-order valence-corrected chi connectivity index (χ3v) is 4.49. The van der Waals surface area contributed by atoms with Gasteiger partial charge in [0, 0.05) is 25.7 Å². The summed E-state index contributed by atoms with van der Waals surface area (Å²) in [5.74, 6) is 0.485. The summed E-state index contributed by atoms with van der Waals surface area (Å²) in [7, 11) is 0. The normalized spacial score (nSPS) is 16.0. The first kappa shape index (κ1) is 17.4. The first-order valence-corrected chi connectivity index (χ1v) is 8.48. The molecule has 0 bridgehead atoms. The number of anilines is 1. The molecule has 7 heteroatoms. The number of hydrogen-bond donors (Lipinski definition) is 2. The van der Waals surface area contributed by atoms with Gasteiger partial charge in [0.25, 0.3) is 0 Å². The zero-order valence-electron chi connectivity index (χ0n) is 14.5. The minimum atomic E-state index is -0.293. The Balaban J connectivity index is 1.42. The molecule has 25 heavy (non-hydrogen) atoms. The molecule has 0 aliphatic carbocycles. The van der Waals surface area contributed by atoms with Crippen molar-refractivity contribution >= 4 is 12.0 Å².